The third-order valence-electron chi connectivity index (χ3n) is 4.73. The number of aromatic amines is 1. The van der Waals surface area contributed by atoms with Crippen LogP contribution in [0.3, 0.4) is 0 Å². The van der Waals surface area contributed by atoms with Crippen molar-refractivity contribution >= 4 is 27.8 Å². The zero-order valence-electron chi connectivity index (χ0n) is 14.6. The average Bonchev–Trinajstić information content (AvgIpc) is 2.99. The Bertz CT molecular complexity index is 1110. The Morgan fingerprint density at radius 1 is 1.12 bits per heavy atom. The Morgan fingerprint density at radius 2 is 1.96 bits per heavy atom. The summed E-state index contributed by atoms with van der Waals surface area (Å²) in [6.07, 6.45) is 1.49. The molecule has 26 heavy (non-hydrogen) atoms. The maximum absolute atomic E-state index is 10.9. The molecule has 2 N–H and O–H groups in total. The van der Waals surface area contributed by atoms with Crippen molar-refractivity contribution in [1.82, 2.24) is 9.97 Å². The number of rotatable bonds is 5. The summed E-state index contributed by atoms with van der Waals surface area (Å²) >= 11 is 0. The van der Waals surface area contributed by atoms with Crippen molar-refractivity contribution in [2.45, 2.75) is 26.2 Å². The van der Waals surface area contributed by atoms with Crippen LogP contribution in [0.1, 0.15) is 24.0 Å². The van der Waals surface area contributed by atoms with Crippen LogP contribution in [0.15, 0.2) is 54.6 Å². The minimum absolute atomic E-state index is 0.170. The van der Waals surface area contributed by atoms with Gasteiger partial charge in [-0.3, -0.25) is 4.79 Å². The van der Waals surface area contributed by atoms with Gasteiger partial charge in [0.1, 0.15) is 0 Å². The molecule has 0 aliphatic carbocycles. The molecule has 0 fully saturated rings. The van der Waals surface area contributed by atoms with Crippen LogP contribution in [0.25, 0.3) is 33.2 Å². The number of pyridine rings is 1. The topological polar surface area (TPSA) is 66.0 Å². The Balaban J connectivity index is 1.84. The summed E-state index contributed by atoms with van der Waals surface area (Å²) in [7, 11) is 0. The van der Waals surface area contributed by atoms with Gasteiger partial charge in [-0.15, -0.1) is 0 Å². The van der Waals surface area contributed by atoms with Crippen LogP contribution < -0.4 is 0 Å². The number of hydrogen-bond acceptors (Lipinski definition) is 2. The number of nitrogens with one attached hydrogen (secondary N) is 1. The number of aliphatic carboxylic acids is 1. The molecule has 4 aromatic rings. The van der Waals surface area contributed by atoms with Gasteiger partial charge in [0.15, 0.2) is 0 Å². The van der Waals surface area contributed by atoms with E-state index in [0.29, 0.717) is 12.8 Å². The van der Waals surface area contributed by atoms with Crippen LogP contribution in [-0.4, -0.2) is 21.0 Å². The van der Waals surface area contributed by atoms with Crippen LogP contribution in [0.2, 0.25) is 0 Å². The van der Waals surface area contributed by atoms with E-state index in [4.69, 9.17) is 10.1 Å². The fraction of sp³-hybridized carbons (Fsp3) is 0.182. The Morgan fingerprint density at radius 3 is 2.81 bits per heavy atom. The molecule has 0 spiro atoms. The van der Waals surface area contributed by atoms with Crippen molar-refractivity contribution in [3.8, 4) is 11.4 Å². The summed E-state index contributed by atoms with van der Waals surface area (Å²) in [6, 6.07) is 18.5. The van der Waals surface area contributed by atoms with Gasteiger partial charge in [-0.1, -0.05) is 35.9 Å². The first-order valence-electron chi connectivity index (χ1n) is 8.81. The number of H-pyrrole nitrogens is 1. The molecule has 4 rings (SSSR count). The van der Waals surface area contributed by atoms with Gasteiger partial charge < -0.3 is 10.1 Å². The molecule has 0 radical (unpaired) electrons. The quantitative estimate of drug-likeness (QED) is 0.529. The molecule has 0 aliphatic rings. The van der Waals surface area contributed by atoms with Crippen molar-refractivity contribution < 1.29 is 9.90 Å². The lowest BCUT2D eigenvalue weighted by molar-refractivity contribution is -0.137. The average molecular weight is 344 g/mol. The minimum Gasteiger partial charge on any atom is -0.481 e. The maximum Gasteiger partial charge on any atom is 0.303 e. The highest BCUT2D eigenvalue weighted by Crippen LogP contribution is 2.32. The van der Waals surface area contributed by atoms with Gasteiger partial charge in [-0.05, 0) is 49.6 Å². The summed E-state index contributed by atoms with van der Waals surface area (Å²) in [5.74, 6) is -0.758. The van der Waals surface area contributed by atoms with Gasteiger partial charge in [0.2, 0.25) is 0 Å². The van der Waals surface area contributed by atoms with Gasteiger partial charge >= 0.3 is 5.97 Å². The number of aryl methyl sites for hydroxylation is 2. The van der Waals surface area contributed by atoms with E-state index >= 15 is 0 Å². The molecule has 0 saturated heterocycles. The predicted molar refractivity (Wildman–Crippen MR) is 104 cm³/mol. The van der Waals surface area contributed by atoms with Crippen LogP contribution in [0, 0.1) is 6.92 Å². The molecule has 2 aromatic carbocycles. The van der Waals surface area contributed by atoms with Gasteiger partial charge in [0, 0.05) is 22.7 Å². The lowest BCUT2D eigenvalue weighted by Gasteiger charge is -2.06. The lowest BCUT2D eigenvalue weighted by Crippen LogP contribution is -1.97. The van der Waals surface area contributed by atoms with Crippen LogP contribution in [0.4, 0.5) is 0 Å². The number of aromatic nitrogens is 2. The molecule has 0 unspecified atom stereocenters. The molecule has 0 saturated carbocycles. The van der Waals surface area contributed by atoms with E-state index in [0.717, 1.165) is 38.8 Å². The summed E-state index contributed by atoms with van der Waals surface area (Å²) in [5, 5.41) is 11.2. The number of para-hydroxylation sites is 1. The second-order valence-corrected chi connectivity index (χ2v) is 6.66. The lowest BCUT2D eigenvalue weighted by atomic mass is 10.0. The van der Waals surface area contributed by atoms with Crippen LogP contribution in [-0.2, 0) is 11.2 Å². The fourth-order valence-electron chi connectivity index (χ4n) is 3.46. The van der Waals surface area contributed by atoms with Crippen molar-refractivity contribution in [3.05, 3.63) is 65.7 Å². The zero-order chi connectivity index (χ0) is 18.1. The number of benzene rings is 2. The largest absolute Gasteiger partial charge is 0.481 e. The van der Waals surface area contributed by atoms with E-state index in [2.05, 4.69) is 42.2 Å². The zero-order valence-corrected chi connectivity index (χ0v) is 14.6. The SMILES string of the molecule is Cc1ccc2[nH]c(-c3ccc4ccccc4n3)c(CCCC(=O)O)c2c1. The first-order chi connectivity index (χ1) is 12.6. The molecule has 0 atom stereocenters. The number of nitrogens with zero attached hydrogens (tertiary/aromatic N) is 1. The summed E-state index contributed by atoms with van der Waals surface area (Å²) in [4.78, 5) is 19.2. The van der Waals surface area contributed by atoms with Gasteiger partial charge in [0.05, 0.1) is 16.9 Å². The molecule has 2 aromatic heterocycles. The van der Waals surface area contributed by atoms with E-state index in [9.17, 15) is 4.79 Å². The smallest absolute Gasteiger partial charge is 0.303 e. The van der Waals surface area contributed by atoms with Crippen LogP contribution in [0.5, 0.6) is 0 Å². The maximum atomic E-state index is 10.9. The van der Waals surface area contributed by atoms with E-state index in [1.54, 1.807) is 0 Å². The molecule has 0 bridgehead atoms. The van der Waals surface area contributed by atoms with Crippen molar-refractivity contribution in [2.24, 2.45) is 0 Å². The predicted octanol–water partition coefficient (Wildman–Crippen LogP) is 5.10. The highest BCUT2D eigenvalue weighted by atomic mass is 16.4. The standard InChI is InChI=1S/C22H20N2O2/c1-14-9-11-19-17(13-14)16(6-4-8-21(25)26)22(24-19)20-12-10-15-5-2-3-7-18(15)23-20/h2-3,5,7,9-13,24H,4,6,8H2,1H3,(H,25,26). The van der Waals surface area contributed by atoms with Crippen molar-refractivity contribution in [3.63, 3.8) is 0 Å². The number of hydrogen-bond donors (Lipinski definition) is 2. The van der Waals surface area contributed by atoms with Crippen LogP contribution >= 0.6 is 0 Å². The molecule has 0 amide bonds. The number of carboxylic acid groups (broad SMARTS) is 1. The molecule has 2 heterocycles. The normalized spacial score (nSPS) is 11.3. The monoisotopic (exact) mass is 344 g/mol. The first kappa shape index (κ1) is 16.3. The van der Waals surface area contributed by atoms with Crippen molar-refractivity contribution in [1.29, 1.82) is 0 Å². The molecule has 4 heteroatoms. The van der Waals surface area contributed by atoms with E-state index in [1.165, 1.54) is 5.56 Å². The highest BCUT2D eigenvalue weighted by Gasteiger charge is 2.15. The first-order valence-corrected chi connectivity index (χ1v) is 8.81. The molecule has 130 valence electrons. The summed E-state index contributed by atoms with van der Waals surface area (Å²) in [6.45, 7) is 2.07. The summed E-state index contributed by atoms with van der Waals surface area (Å²) < 4.78 is 0. The van der Waals surface area contributed by atoms with Crippen molar-refractivity contribution in [2.75, 3.05) is 0 Å². The number of carbonyl (C=O) groups is 1. The second kappa shape index (κ2) is 6.64. The van der Waals surface area contributed by atoms with Gasteiger partial charge in [-0.2, -0.15) is 0 Å². The minimum atomic E-state index is -0.758. The van der Waals surface area contributed by atoms with Gasteiger partial charge in [0.25, 0.3) is 0 Å². The fourth-order valence-corrected chi connectivity index (χ4v) is 3.46. The second-order valence-electron chi connectivity index (χ2n) is 6.66. The number of carboxylic acids is 1. The molecular formula is C22H20N2O2. The Hall–Kier alpha value is -3.14. The molecule has 4 nitrogen and oxygen atoms in total. The van der Waals surface area contributed by atoms with E-state index in [-0.39, 0.29) is 6.42 Å². The van der Waals surface area contributed by atoms with E-state index in [1.807, 2.05) is 24.3 Å². The molecule has 0 aliphatic heterocycles. The number of fused-ring (bicyclic) bond motifs is 2. The van der Waals surface area contributed by atoms with Gasteiger partial charge in [-0.25, -0.2) is 4.98 Å². The Kier molecular flexibility index (Phi) is 4.17. The third-order valence-corrected chi connectivity index (χ3v) is 4.73. The molecular weight excluding hydrogens is 324 g/mol. The Labute approximate surface area is 151 Å². The van der Waals surface area contributed by atoms with E-state index < -0.39 is 5.97 Å². The summed E-state index contributed by atoms with van der Waals surface area (Å²) in [5.41, 5.74) is 6.23. The highest BCUT2D eigenvalue weighted by molar-refractivity contribution is 5.92. The third kappa shape index (κ3) is 3.06.